The first-order valence-electron chi connectivity index (χ1n) is 5.86. The number of rotatable bonds is 7. The van der Waals surface area contributed by atoms with Crippen LogP contribution in [0.3, 0.4) is 0 Å². The van der Waals surface area contributed by atoms with Gasteiger partial charge in [-0.1, -0.05) is 24.3 Å². The van der Waals surface area contributed by atoms with Gasteiger partial charge in [0.15, 0.2) is 0 Å². The van der Waals surface area contributed by atoms with Gasteiger partial charge in [-0.25, -0.2) is 4.39 Å². The molecule has 1 aromatic rings. The highest BCUT2D eigenvalue weighted by molar-refractivity contribution is 5.49. The lowest BCUT2D eigenvalue weighted by Crippen LogP contribution is -2.19. The first-order chi connectivity index (χ1) is 8.24. The fourth-order valence-corrected chi connectivity index (χ4v) is 1.42. The normalized spacial score (nSPS) is 11.2. The lowest BCUT2D eigenvalue weighted by Gasteiger charge is -2.01. The van der Waals surface area contributed by atoms with Gasteiger partial charge < -0.3 is 10.1 Å². The van der Waals surface area contributed by atoms with Gasteiger partial charge in [0.2, 0.25) is 0 Å². The van der Waals surface area contributed by atoms with E-state index in [0.29, 0.717) is 5.56 Å². The van der Waals surface area contributed by atoms with Crippen LogP contribution in [-0.4, -0.2) is 26.8 Å². The van der Waals surface area contributed by atoms with Crippen molar-refractivity contribution < 1.29 is 9.13 Å². The van der Waals surface area contributed by atoms with Gasteiger partial charge in [0.25, 0.3) is 0 Å². The molecule has 0 aromatic heterocycles. The first-order valence-corrected chi connectivity index (χ1v) is 5.86. The summed E-state index contributed by atoms with van der Waals surface area (Å²) in [6.45, 7) is 4.27. The van der Waals surface area contributed by atoms with Crippen molar-refractivity contribution in [2.75, 3.05) is 26.8 Å². The summed E-state index contributed by atoms with van der Waals surface area (Å²) in [6, 6.07) is 5.28. The van der Waals surface area contributed by atoms with Gasteiger partial charge in [0.05, 0.1) is 6.61 Å². The third-order valence-electron chi connectivity index (χ3n) is 2.48. The molecule has 0 fully saturated rings. The molecule has 0 aliphatic carbocycles. The first kappa shape index (κ1) is 13.9. The molecule has 0 aliphatic rings. The summed E-state index contributed by atoms with van der Waals surface area (Å²) < 4.78 is 18.2. The zero-order chi connectivity index (χ0) is 12.5. The van der Waals surface area contributed by atoms with Crippen LogP contribution in [0.15, 0.2) is 24.3 Å². The fraction of sp³-hybridized carbons (Fsp3) is 0.429. The molecule has 0 heterocycles. The maximum absolute atomic E-state index is 13.2. The number of aryl methyl sites for hydroxylation is 1. The Bertz CT molecular complexity index is 363. The lowest BCUT2D eigenvalue weighted by molar-refractivity contribution is 0.199. The molecule has 3 heteroatoms. The van der Waals surface area contributed by atoms with Gasteiger partial charge in [-0.15, -0.1) is 0 Å². The van der Waals surface area contributed by atoms with Gasteiger partial charge >= 0.3 is 0 Å². The zero-order valence-corrected chi connectivity index (χ0v) is 10.5. The molecule has 0 bridgehead atoms. The summed E-state index contributed by atoms with van der Waals surface area (Å²) in [5.41, 5.74) is 1.59. The highest BCUT2D eigenvalue weighted by Crippen LogP contribution is 2.10. The topological polar surface area (TPSA) is 21.3 Å². The van der Waals surface area contributed by atoms with Gasteiger partial charge in [0, 0.05) is 13.7 Å². The minimum Gasteiger partial charge on any atom is -0.383 e. The Morgan fingerprint density at radius 1 is 1.35 bits per heavy atom. The van der Waals surface area contributed by atoms with Crippen LogP contribution in [0.5, 0.6) is 0 Å². The Morgan fingerprint density at radius 2 is 2.18 bits per heavy atom. The molecular weight excluding hydrogens is 217 g/mol. The predicted molar refractivity (Wildman–Crippen MR) is 69.5 cm³/mol. The molecule has 94 valence electrons. The van der Waals surface area contributed by atoms with Gasteiger partial charge in [0.1, 0.15) is 5.82 Å². The molecular formula is C14H20FNO. The van der Waals surface area contributed by atoms with Crippen LogP contribution in [0.2, 0.25) is 0 Å². The monoisotopic (exact) mass is 237 g/mol. The Labute approximate surface area is 102 Å². The number of hydrogen-bond acceptors (Lipinski definition) is 2. The van der Waals surface area contributed by atoms with Gasteiger partial charge in [-0.2, -0.15) is 0 Å². The average Bonchev–Trinajstić information content (AvgIpc) is 2.32. The Kier molecular flexibility index (Phi) is 6.51. The van der Waals surface area contributed by atoms with E-state index < -0.39 is 0 Å². The van der Waals surface area contributed by atoms with E-state index >= 15 is 0 Å². The fourth-order valence-electron chi connectivity index (χ4n) is 1.42. The Hall–Kier alpha value is -1.19. The maximum atomic E-state index is 13.2. The number of hydrogen-bond donors (Lipinski definition) is 1. The summed E-state index contributed by atoms with van der Waals surface area (Å²) in [5, 5.41) is 3.24. The number of methoxy groups -OCH3 is 1. The molecule has 0 aliphatic heterocycles. The molecule has 1 aromatic carbocycles. The quantitative estimate of drug-likeness (QED) is 0.736. The van der Waals surface area contributed by atoms with Crippen LogP contribution in [0, 0.1) is 12.7 Å². The van der Waals surface area contributed by atoms with Crippen molar-refractivity contribution in [2.45, 2.75) is 13.3 Å². The van der Waals surface area contributed by atoms with Crippen LogP contribution in [-0.2, 0) is 4.74 Å². The smallest absolute Gasteiger partial charge is 0.126 e. The van der Waals surface area contributed by atoms with Crippen LogP contribution >= 0.6 is 0 Å². The largest absolute Gasteiger partial charge is 0.383 e. The highest BCUT2D eigenvalue weighted by atomic mass is 19.1. The Morgan fingerprint density at radius 3 is 2.88 bits per heavy atom. The van der Waals surface area contributed by atoms with Crippen LogP contribution in [0.4, 0.5) is 4.39 Å². The number of ether oxygens (including phenoxy) is 1. The molecule has 0 radical (unpaired) electrons. The summed E-state index contributed by atoms with van der Waals surface area (Å²) >= 11 is 0. The van der Waals surface area contributed by atoms with Crippen molar-refractivity contribution in [1.29, 1.82) is 0 Å². The van der Waals surface area contributed by atoms with Gasteiger partial charge in [-0.3, -0.25) is 0 Å². The summed E-state index contributed by atoms with van der Waals surface area (Å²) in [4.78, 5) is 0. The Balaban J connectivity index is 2.26. The second-order valence-electron chi connectivity index (χ2n) is 3.94. The third-order valence-corrected chi connectivity index (χ3v) is 2.48. The lowest BCUT2D eigenvalue weighted by atomic mass is 10.1. The van der Waals surface area contributed by atoms with E-state index in [9.17, 15) is 4.39 Å². The van der Waals surface area contributed by atoms with E-state index in [2.05, 4.69) is 5.32 Å². The molecule has 0 amide bonds. The molecule has 0 atom stereocenters. The van der Waals surface area contributed by atoms with E-state index in [4.69, 9.17) is 4.74 Å². The third kappa shape index (κ3) is 5.61. The molecule has 0 spiro atoms. The second-order valence-corrected chi connectivity index (χ2v) is 3.94. The van der Waals surface area contributed by atoms with Crippen molar-refractivity contribution in [3.05, 3.63) is 41.2 Å². The molecule has 0 saturated carbocycles. The van der Waals surface area contributed by atoms with Crippen LogP contribution in [0.1, 0.15) is 17.5 Å². The molecule has 17 heavy (non-hydrogen) atoms. The van der Waals surface area contributed by atoms with E-state index in [0.717, 1.165) is 31.7 Å². The van der Waals surface area contributed by atoms with Gasteiger partial charge in [-0.05, 0) is 37.1 Å². The minimum atomic E-state index is -0.148. The van der Waals surface area contributed by atoms with Crippen molar-refractivity contribution in [2.24, 2.45) is 0 Å². The molecule has 1 rings (SSSR count). The minimum absolute atomic E-state index is 0.148. The van der Waals surface area contributed by atoms with Crippen molar-refractivity contribution in [3.63, 3.8) is 0 Å². The summed E-state index contributed by atoms with van der Waals surface area (Å²) in [6.07, 6.45) is 4.92. The van der Waals surface area contributed by atoms with Crippen molar-refractivity contribution in [1.82, 2.24) is 5.32 Å². The predicted octanol–water partition coefficient (Wildman–Crippen LogP) is 2.77. The summed E-state index contributed by atoms with van der Waals surface area (Å²) in [5.74, 6) is -0.148. The van der Waals surface area contributed by atoms with Crippen molar-refractivity contribution in [3.8, 4) is 0 Å². The number of benzene rings is 1. The maximum Gasteiger partial charge on any atom is 0.126 e. The number of nitrogens with one attached hydrogen (secondary N) is 1. The molecule has 1 N–H and O–H groups in total. The number of halogens is 1. The standard InChI is InChI=1S/C14H20FNO/c1-12-6-7-13(11-14(12)15)5-3-4-8-16-9-10-17-2/h3,5-7,11,16H,4,8-10H2,1-2H3/b5-3+. The molecule has 0 unspecified atom stereocenters. The van der Waals surface area contributed by atoms with E-state index in [-0.39, 0.29) is 5.82 Å². The molecule has 2 nitrogen and oxygen atoms in total. The molecule has 0 saturated heterocycles. The van der Waals surface area contributed by atoms with Crippen LogP contribution in [0.25, 0.3) is 6.08 Å². The van der Waals surface area contributed by atoms with Crippen molar-refractivity contribution >= 4 is 6.08 Å². The van der Waals surface area contributed by atoms with E-state index in [1.54, 1.807) is 26.2 Å². The van der Waals surface area contributed by atoms with E-state index in [1.807, 2.05) is 18.2 Å². The zero-order valence-electron chi connectivity index (χ0n) is 10.5. The van der Waals surface area contributed by atoms with Crippen LogP contribution < -0.4 is 5.32 Å². The second kappa shape index (κ2) is 7.98. The summed E-state index contributed by atoms with van der Waals surface area (Å²) in [7, 11) is 1.69. The highest BCUT2D eigenvalue weighted by Gasteiger charge is 1.95. The SMILES string of the molecule is COCCNCC/C=C/c1ccc(C)c(F)c1. The average molecular weight is 237 g/mol. The van der Waals surface area contributed by atoms with E-state index in [1.165, 1.54) is 0 Å².